The van der Waals surface area contributed by atoms with Crippen LogP contribution in [0.15, 0.2) is 0 Å². The second kappa shape index (κ2) is 7.78. The van der Waals surface area contributed by atoms with E-state index in [1.54, 1.807) is 0 Å². The van der Waals surface area contributed by atoms with Gasteiger partial charge in [-0.3, -0.25) is 4.79 Å². The normalized spacial score (nSPS) is 24.3. The van der Waals surface area contributed by atoms with E-state index in [9.17, 15) is 4.79 Å². The molecule has 0 atom stereocenters. The summed E-state index contributed by atoms with van der Waals surface area (Å²) < 4.78 is 0. The predicted octanol–water partition coefficient (Wildman–Crippen LogP) is 2.79. The average Bonchev–Trinajstić information content (AvgIpc) is 2.34. The van der Waals surface area contributed by atoms with Gasteiger partial charge in [0.25, 0.3) is 0 Å². The summed E-state index contributed by atoms with van der Waals surface area (Å²) in [7, 11) is 0. The molecule has 18 heavy (non-hydrogen) atoms. The summed E-state index contributed by atoms with van der Waals surface area (Å²) in [6.07, 6.45) is 6.49. The fourth-order valence-electron chi connectivity index (χ4n) is 2.81. The van der Waals surface area contributed by atoms with E-state index in [1.165, 1.54) is 12.8 Å². The highest BCUT2D eigenvalue weighted by molar-refractivity contribution is 5.76. The number of nitrogens with zero attached hydrogens (tertiary/aromatic N) is 1. The highest BCUT2D eigenvalue weighted by Gasteiger charge is 2.20. The van der Waals surface area contributed by atoms with Crippen LogP contribution < -0.4 is 5.73 Å². The van der Waals surface area contributed by atoms with Crippen LogP contribution in [0, 0.1) is 11.8 Å². The lowest BCUT2D eigenvalue weighted by Crippen LogP contribution is -2.34. The largest absolute Gasteiger partial charge is 0.343 e. The van der Waals surface area contributed by atoms with Crippen LogP contribution in [0.4, 0.5) is 0 Å². The summed E-state index contributed by atoms with van der Waals surface area (Å²) in [5.74, 6) is 1.62. The molecule has 1 amide bonds. The lowest BCUT2D eigenvalue weighted by Gasteiger charge is -2.27. The fraction of sp³-hybridized carbons (Fsp3) is 0.933. The minimum Gasteiger partial charge on any atom is -0.343 e. The molecule has 3 heteroatoms. The zero-order valence-corrected chi connectivity index (χ0v) is 12.3. The van der Waals surface area contributed by atoms with Gasteiger partial charge >= 0.3 is 0 Å². The van der Waals surface area contributed by atoms with Gasteiger partial charge in [-0.1, -0.05) is 13.8 Å². The first-order valence-corrected chi connectivity index (χ1v) is 7.56. The van der Waals surface area contributed by atoms with Gasteiger partial charge in [-0.2, -0.15) is 0 Å². The smallest absolute Gasteiger partial charge is 0.222 e. The number of carbonyl (C=O) groups excluding carboxylic acids is 1. The third-order valence-electron chi connectivity index (χ3n) is 3.98. The van der Waals surface area contributed by atoms with E-state index in [2.05, 4.69) is 20.8 Å². The van der Waals surface area contributed by atoms with Crippen LogP contribution in [0.3, 0.4) is 0 Å². The molecular weight excluding hydrogens is 224 g/mol. The van der Waals surface area contributed by atoms with Gasteiger partial charge in [0, 0.05) is 25.6 Å². The van der Waals surface area contributed by atoms with E-state index in [-0.39, 0.29) is 0 Å². The summed E-state index contributed by atoms with van der Waals surface area (Å²) in [4.78, 5) is 14.1. The predicted molar refractivity (Wildman–Crippen MR) is 76.3 cm³/mol. The number of hydrogen-bond acceptors (Lipinski definition) is 2. The van der Waals surface area contributed by atoms with E-state index < -0.39 is 0 Å². The van der Waals surface area contributed by atoms with Crippen LogP contribution in [0.1, 0.15) is 59.3 Å². The molecule has 106 valence electrons. The monoisotopic (exact) mass is 254 g/mol. The van der Waals surface area contributed by atoms with Crippen LogP contribution in [0.2, 0.25) is 0 Å². The van der Waals surface area contributed by atoms with E-state index in [0.717, 1.165) is 44.7 Å². The molecule has 0 radical (unpaired) electrons. The van der Waals surface area contributed by atoms with E-state index in [1.807, 2.05) is 4.90 Å². The van der Waals surface area contributed by atoms with Crippen LogP contribution in [-0.4, -0.2) is 29.9 Å². The summed E-state index contributed by atoms with van der Waals surface area (Å²) in [6, 6.07) is 0.407. The van der Waals surface area contributed by atoms with E-state index >= 15 is 0 Å². The minimum absolute atomic E-state index is 0.334. The maximum Gasteiger partial charge on any atom is 0.222 e. The lowest BCUT2D eigenvalue weighted by atomic mass is 9.83. The quantitative estimate of drug-likeness (QED) is 0.792. The third kappa shape index (κ3) is 5.38. The molecule has 2 N–H and O–H groups in total. The number of amides is 1. The molecule has 1 aliphatic carbocycles. The standard InChI is InChI=1S/C15H30N2O/c1-4-17(11-12(2)3)15(18)10-7-13-5-8-14(16)9-6-13/h12-14H,4-11,16H2,1-3H3. The van der Waals surface area contributed by atoms with Crippen molar-refractivity contribution >= 4 is 5.91 Å². The van der Waals surface area contributed by atoms with Gasteiger partial charge in [0.15, 0.2) is 0 Å². The Kier molecular flexibility index (Phi) is 6.69. The first-order valence-electron chi connectivity index (χ1n) is 7.56. The minimum atomic E-state index is 0.334. The van der Waals surface area contributed by atoms with Gasteiger partial charge in [-0.15, -0.1) is 0 Å². The van der Waals surface area contributed by atoms with Crippen molar-refractivity contribution in [3.05, 3.63) is 0 Å². The van der Waals surface area contributed by atoms with Crippen molar-refractivity contribution in [2.45, 2.75) is 65.3 Å². The molecule has 0 aliphatic heterocycles. The fourth-order valence-corrected chi connectivity index (χ4v) is 2.81. The van der Waals surface area contributed by atoms with Crippen LogP contribution in [0.25, 0.3) is 0 Å². The molecule has 0 heterocycles. The molecule has 0 saturated heterocycles. The molecule has 1 saturated carbocycles. The molecule has 0 aromatic rings. The number of hydrogen-bond donors (Lipinski definition) is 1. The Labute approximate surface area is 112 Å². The lowest BCUT2D eigenvalue weighted by molar-refractivity contribution is -0.131. The van der Waals surface area contributed by atoms with Crippen molar-refractivity contribution in [2.24, 2.45) is 17.6 Å². The first kappa shape index (κ1) is 15.5. The van der Waals surface area contributed by atoms with Gasteiger partial charge in [-0.25, -0.2) is 0 Å². The molecule has 1 rings (SSSR count). The van der Waals surface area contributed by atoms with Crippen molar-refractivity contribution in [1.29, 1.82) is 0 Å². The summed E-state index contributed by atoms with van der Waals surface area (Å²) in [6.45, 7) is 8.13. The van der Waals surface area contributed by atoms with Crippen molar-refractivity contribution in [2.75, 3.05) is 13.1 Å². The van der Waals surface area contributed by atoms with Crippen LogP contribution in [0.5, 0.6) is 0 Å². The topological polar surface area (TPSA) is 46.3 Å². The Bertz CT molecular complexity index is 245. The maximum absolute atomic E-state index is 12.1. The Balaban J connectivity index is 2.26. The highest BCUT2D eigenvalue weighted by atomic mass is 16.2. The molecule has 0 bridgehead atoms. The van der Waals surface area contributed by atoms with Crippen LogP contribution >= 0.6 is 0 Å². The summed E-state index contributed by atoms with van der Waals surface area (Å²) in [5.41, 5.74) is 5.90. The number of nitrogens with two attached hydrogens (primary N) is 1. The molecule has 0 aromatic carbocycles. The molecule has 3 nitrogen and oxygen atoms in total. The Morgan fingerprint density at radius 3 is 2.39 bits per heavy atom. The summed E-state index contributed by atoms with van der Waals surface area (Å²) >= 11 is 0. The van der Waals surface area contributed by atoms with Gasteiger partial charge < -0.3 is 10.6 Å². The average molecular weight is 254 g/mol. The summed E-state index contributed by atoms with van der Waals surface area (Å²) in [5, 5.41) is 0. The van der Waals surface area contributed by atoms with E-state index in [0.29, 0.717) is 17.9 Å². The molecule has 1 aliphatic rings. The Hall–Kier alpha value is -0.570. The van der Waals surface area contributed by atoms with Gasteiger partial charge in [-0.05, 0) is 50.9 Å². The van der Waals surface area contributed by atoms with Crippen molar-refractivity contribution in [3.8, 4) is 0 Å². The molecule has 0 spiro atoms. The van der Waals surface area contributed by atoms with Crippen molar-refractivity contribution in [1.82, 2.24) is 4.90 Å². The van der Waals surface area contributed by atoms with Crippen molar-refractivity contribution in [3.63, 3.8) is 0 Å². The second-order valence-electron chi connectivity index (χ2n) is 6.15. The molecule has 0 unspecified atom stereocenters. The Morgan fingerprint density at radius 2 is 1.89 bits per heavy atom. The van der Waals surface area contributed by atoms with Crippen LogP contribution in [-0.2, 0) is 4.79 Å². The first-order chi connectivity index (χ1) is 8.52. The zero-order chi connectivity index (χ0) is 13.5. The van der Waals surface area contributed by atoms with Gasteiger partial charge in [0.2, 0.25) is 5.91 Å². The Morgan fingerprint density at radius 1 is 1.28 bits per heavy atom. The zero-order valence-electron chi connectivity index (χ0n) is 12.3. The number of carbonyl (C=O) groups is 1. The number of rotatable bonds is 6. The van der Waals surface area contributed by atoms with Crippen molar-refractivity contribution < 1.29 is 4.79 Å². The van der Waals surface area contributed by atoms with Gasteiger partial charge in [0.05, 0.1) is 0 Å². The van der Waals surface area contributed by atoms with Gasteiger partial charge in [0.1, 0.15) is 0 Å². The molecular formula is C15H30N2O. The second-order valence-corrected chi connectivity index (χ2v) is 6.15. The maximum atomic E-state index is 12.1. The highest BCUT2D eigenvalue weighted by Crippen LogP contribution is 2.27. The third-order valence-corrected chi connectivity index (χ3v) is 3.98. The SMILES string of the molecule is CCN(CC(C)C)C(=O)CCC1CCC(N)CC1. The van der Waals surface area contributed by atoms with E-state index in [4.69, 9.17) is 5.73 Å². The molecule has 0 aromatic heterocycles. The molecule has 1 fully saturated rings.